The van der Waals surface area contributed by atoms with E-state index in [1.165, 1.54) is 11.3 Å². The zero-order valence-corrected chi connectivity index (χ0v) is 18.4. The molecule has 1 N–H and O–H groups in total. The summed E-state index contributed by atoms with van der Waals surface area (Å²) in [6.45, 7) is 2.54. The lowest BCUT2D eigenvalue weighted by atomic mass is 10.2. The van der Waals surface area contributed by atoms with Crippen LogP contribution in [0.2, 0.25) is 5.02 Å². The highest BCUT2D eigenvalue weighted by molar-refractivity contribution is 7.13. The zero-order chi connectivity index (χ0) is 21.8. The molecule has 4 rings (SSSR count). The molecule has 0 unspecified atom stereocenters. The first-order valence-electron chi connectivity index (χ1n) is 9.89. The number of carbonyl (C=O) groups is 2. The number of nitrogens with zero attached hydrogens (tertiary/aromatic N) is 3. The van der Waals surface area contributed by atoms with Gasteiger partial charge in [0.05, 0.1) is 6.04 Å². The molecule has 1 atom stereocenters. The van der Waals surface area contributed by atoms with Crippen LogP contribution >= 0.6 is 22.9 Å². The molecule has 7 nitrogen and oxygen atoms in total. The Bertz CT molecular complexity index is 1070. The van der Waals surface area contributed by atoms with Gasteiger partial charge in [0.1, 0.15) is 10.8 Å². The lowest BCUT2D eigenvalue weighted by Crippen LogP contribution is -2.34. The monoisotopic (exact) mass is 456 g/mol. The van der Waals surface area contributed by atoms with Crippen molar-refractivity contribution in [1.29, 1.82) is 0 Å². The summed E-state index contributed by atoms with van der Waals surface area (Å²) >= 11 is 7.08. The number of hydrogen-bond donors (Lipinski definition) is 1. The third-order valence-electron chi connectivity index (χ3n) is 4.98. The van der Waals surface area contributed by atoms with Gasteiger partial charge in [0.2, 0.25) is 5.01 Å². The van der Waals surface area contributed by atoms with E-state index in [9.17, 15) is 9.59 Å². The van der Waals surface area contributed by atoms with Crippen LogP contribution in [0.4, 0.5) is 5.69 Å². The minimum atomic E-state index is -0.311. The second-order valence-electron chi connectivity index (χ2n) is 7.25. The SMILES string of the molecule is Cc1ccc(NC(=O)c2nnc([C@@H]3CCCN3C(=O)COc3ccc(Cl)cc3)s2)cc1. The van der Waals surface area contributed by atoms with Crippen molar-refractivity contribution in [1.82, 2.24) is 15.1 Å². The van der Waals surface area contributed by atoms with Gasteiger partial charge in [0.25, 0.3) is 11.8 Å². The number of aryl methyl sites for hydroxylation is 1. The second-order valence-corrected chi connectivity index (χ2v) is 8.70. The van der Waals surface area contributed by atoms with Crippen molar-refractivity contribution < 1.29 is 14.3 Å². The molecular formula is C22H21ClN4O3S. The first-order chi connectivity index (χ1) is 15.0. The van der Waals surface area contributed by atoms with Crippen molar-refractivity contribution in [3.8, 4) is 5.75 Å². The van der Waals surface area contributed by atoms with Crippen LogP contribution in [0.3, 0.4) is 0 Å². The number of anilines is 1. The van der Waals surface area contributed by atoms with Crippen LogP contribution in [0, 0.1) is 6.92 Å². The predicted octanol–water partition coefficient (Wildman–Crippen LogP) is 4.49. The molecule has 0 radical (unpaired) electrons. The Morgan fingerprint density at radius 2 is 1.90 bits per heavy atom. The summed E-state index contributed by atoms with van der Waals surface area (Å²) < 4.78 is 5.59. The molecule has 2 amide bonds. The maximum Gasteiger partial charge on any atom is 0.286 e. The third-order valence-corrected chi connectivity index (χ3v) is 6.25. The first kappa shape index (κ1) is 21.3. The van der Waals surface area contributed by atoms with Crippen molar-refractivity contribution in [3.63, 3.8) is 0 Å². The molecule has 1 aliphatic rings. The average molecular weight is 457 g/mol. The fourth-order valence-corrected chi connectivity index (χ4v) is 4.38. The first-order valence-corrected chi connectivity index (χ1v) is 11.1. The lowest BCUT2D eigenvalue weighted by molar-refractivity contribution is -0.134. The number of rotatable bonds is 6. The molecule has 3 aromatic rings. The highest BCUT2D eigenvalue weighted by Crippen LogP contribution is 2.34. The standard InChI is InChI=1S/C22H21ClN4O3S/c1-14-4-8-16(9-5-14)24-20(29)22-26-25-21(31-22)18-3-2-12-27(18)19(28)13-30-17-10-6-15(23)7-11-17/h4-11,18H,2-3,12-13H2,1H3,(H,24,29)/t18-/m0/s1. The summed E-state index contributed by atoms with van der Waals surface area (Å²) in [5, 5.41) is 12.6. The number of hydrogen-bond acceptors (Lipinski definition) is 6. The number of carbonyl (C=O) groups excluding carboxylic acids is 2. The van der Waals surface area contributed by atoms with E-state index in [0.29, 0.717) is 28.0 Å². The number of amides is 2. The van der Waals surface area contributed by atoms with Crippen LogP contribution in [0.5, 0.6) is 5.75 Å². The molecule has 160 valence electrons. The molecule has 0 aliphatic carbocycles. The van der Waals surface area contributed by atoms with Gasteiger partial charge in [0.15, 0.2) is 6.61 Å². The number of ether oxygens (including phenoxy) is 1. The van der Waals surface area contributed by atoms with Crippen LogP contribution < -0.4 is 10.1 Å². The maximum absolute atomic E-state index is 12.7. The summed E-state index contributed by atoms with van der Waals surface area (Å²) in [5.74, 6) is 0.146. The van der Waals surface area contributed by atoms with Gasteiger partial charge in [0, 0.05) is 17.3 Å². The number of likely N-dealkylation sites (tertiary alicyclic amines) is 1. The Morgan fingerprint density at radius 1 is 1.16 bits per heavy atom. The number of nitrogens with one attached hydrogen (secondary N) is 1. The smallest absolute Gasteiger partial charge is 0.286 e. The van der Waals surface area contributed by atoms with Gasteiger partial charge in [-0.05, 0) is 56.2 Å². The molecule has 1 aromatic heterocycles. The molecule has 31 heavy (non-hydrogen) atoms. The fourth-order valence-electron chi connectivity index (χ4n) is 3.36. The Labute approximate surface area is 189 Å². The minimum absolute atomic E-state index is 0.0717. The van der Waals surface area contributed by atoms with E-state index >= 15 is 0 Å². The highest BCUT2D eigenvalue weighted by atomic mass is 35.5. The molecule has 0 saturated carbocycles. The van der Waals surface area contributed by atoms with Gasteiger partial charge in [-0.1, -0.05) is 40.6 Å². The van der Waals surface area contributed by atoms with Gasteiger partial charge in [-0.3, -0.25) is 9.59 Å². The van der Waals surface area contributed by atoms with Crippen LogP contribution in [0.25, 0.3) is 0 Å². The molecule has 9 heteroatoms. The highest BCUT2D eigenvalue weighted by Gasteiger charge is 2.33. The molecule has 0 bridgehead atoms. The largest absolute Gasteiger partial charge is 0.484 e. The van der Waals surface area contributed by atoms with Gasteiger partial charge in [-0.15, -0.1) is 10.2 Å². The van der Waals surface area contributed by atoms with Crippen molar-refractivity contribution in [2.24, 2.45) is 0 Å². The Kier molecular flexibility index (Phi) is 6.48. The van der Waals surface area contributed by atoms with Crippen molar-refractivity contribution in [3.05, 3.63) is 69.1 Å². The van der Waals surface area contributed by atoms with E-state index in [1.807, 2.05) is 31.2 Å². The third kappa shape index (κ3) is 5.21. The van der Waals surface area contributed by atoms with Crippen molar-refractivity contribution in [2.45, 2.75) is 25.8 Å². The van der Waals surface area contributed by atoms with E-state index in [4.69, 9.17) is 16.3 Å². The van der Waals surface area contributed by atoms with Gasteiger partial charge < -0.3 is 15.0 Å². The Balaban J connectivity index is 1.38. The van der Waals surface area contributed by atoms with E-state index in [0.717, 1.165) is 18.4 Å². The van der Waals surface area contributed by atoms with E-state index in [2.05, 4.69) is 15.5 Å². The molecule has 2 heterocycles. The molecule has 2 aromatic carbocycles. The van der Waals surface area contributed by atoms with Crippen molar-refractivity contribution >= 4 is 40.4 Å². The van der Waals surface area contributed by atoms with E-state index < -0.39 is 0 Å². The molecular weight excluding hydrogens is 436 g/mol. The summed E-state index contributed by atoms with van der Waals surface area (Å²) in [6, 6.07) is 14.2. The predicted molar refractivity (Wildman–Crippen MR) is 120 cm³/mol. The summed E-state index contributed by atoms with van der Waals surface area (Å²) in [4.78, 5) is 27.0. The minimum Gasteiger partial charge on any atom is -0.484 e. The quantitative estimate of drug-likeness (QED) is 0.590. The van der Waals surface area contributed by atoms with Gasteiger partial charge in [-0.25, -0.2) is 0 Å². The number of benzene rings is 2. The van der Waals surface area contributed by atoms with E-state index in [-0.39, 0.29) is 29.5 Å². The molecule has 0 spiro atoms. The van der Waals surface area contributed by atoms with E-state index in [1.54, 1.807) is 29.2 Å². The lowest BCUT2D eigenvalue weighted by Gasteiger charge is -2.22. The molecule has 1 fully saturated rings. The number of halogens is 1. The summed E-state index contributed by atoms with van der Waals surface area (Å²) in [7, 11) is 0. The summed E-state index contributed by atoms with van der Waals surface area (Å²) in [6.07, 6.45) is 1.64. The Morgan fingerprint density at radius 3 is 2.65 bits per heavy atom. The van der Waals surface area contributed by atoms with Gasteiger partial charge >= 0.3 is 0 Å². The normalized spacial score (nSPS) is 15.7. The average Bonchev–Trinajstić information content (AvgIpc) is 3.44. The topological polar surface area (TPSA) is 84.4 Å². The van der Waals surface area contributed by atoms with Crippen molar-refractivity contribution in [2.75, 3.05) is 18.5 Å². The number of aromatic nitrogens is 2. The van der Waals surface area contributed by atoms with Crippen LogP contribution in [0.15, 0.2) is 48.5 Å². The summed E-state index contributed by atoms with van der Waals surface area (Å²) in [5.41, 5.74) is 1.81. The fraction of sp³-hybridized carbons (Fsp3) is 0.273. The van der Waals surface area contributed by atoms with Crippen LogP contribution in [-0.2, 0) is 4.79 Å². The van der Waals surface area contributed by atoms with Gasteiger partial charge in [-0.2, -0.15) is 0 Å². The Hall–Kier alpha value is -2.97. The van der Waals surface area contributed by atoms with Crippen LogP contribution in [0.1, 0.15) is 39.3 Å². The molecule has 1 saturated heterocycles. The molecule has 1 aliphatic heterocycles. The second kappa shape index (κ2) is 9.45. The van der Waals surface area contributed by atoms with Crippen LogP contribution in [-0.4, -0.2) is 40.1 Å². The maximum atomic E-state index is 12.7. The zero-order valence-electron chi connectivity index (χ0n) is 16.9.